The van der Waals surface area contributed by atoms with Gasteiger partial charge >= 0.3 is 0 Å². The van der Waals surface area contributed by atoms with Gasteiger partial charge in [0.1, 0.15) is 11.4 Å². The van der Waals surface area contributed by atoms with E-state index in [1.54, 1.807) is 13.3 Å². The number of pyridine rings is 3. The van der Waals surface area contributed by atoms with Crippen molar-refractivity contribution in [2.24, 2.45) is 0 Å². The van der Waals surface area contributed by atoms with Gasteiger partial charge in [-0.05, 0) is 48.0 Å². The summed E-state index contributed by atoms with van der Waals surface area (Å²) in [7, 11) is 1.66. The maximum atomic E-state index is 5.35. The molecule has 5 rings (SSSR count). The van der Waals surface area contributed by atoms with Crippen LogP contribution in [0, 0.1) is 0 Å². The fourth-order valence-corrected chi connectivity index (χ4v) is 3.42. The molecule has 5 aromatic rings. The first-order chi connectivity index (χ1) is 13.3. The Bertz CT molecular complexity index is 1260. The topological polar surface area (TPSA) is 52.3 Å². The fourth-order valence-electron chi connectivity index (χ4n) is 3.42. The molecular formula is C22H16N4O. The Morgan fingerprint density at radius 3 is 2.67 bits per heavy atom. The van der Waals surface area contributed by atoms with Crippen molar-refractivity contribution in [3.8, 4) is 28.3 Å². The molecular weight excluding hydrogens is 336 g/mol. The van der Waals surface area contributed by atoms with Crippen LogP contribution in [0.1, 0.15) is 0 Å². The zero-order valence-electron chi connectivity index (χ0n) is 14.7. The predicted molar refractivity (Wildman–Crippen MR) is 106 cm³/mol. The van der Waals surface area contributed by atoms with E-state index in [1.807, 2.05) is 71.5 Å². The first kappa shape index (κ1) is 15.5. The Morgan fingerprint density at radius 2 is 1.81 bits per heavy atom. The van der Waals surface area contributed by atoms with Crippen molar-refractivity contribution in [2.45, 2.75) is 0 Å². The SMILES string of the molecule is COc1ccc2c(-c3c(-c4ccccn4)nn4ccccc34)ccnc2c1. The molecule has 1 aromatic carbocycles. The molecule has 0 aliphatic rings. The average Bonchev–Trinajstić information content (AvgIpc) is 3.13. The highest BCUT2D eigenvalue weighted by molar-refractivity contribution is 6.03. The molecule has 0 fully saturated rings. The number of benzene rings is 1. The van der Waals surface area contributed by atoms with Crippen LogP contribution in [0.2, 0.25) is 0 Å². The van der Waals surface area contributed by atoms with E-state index in [1.165, 1.54) is 0 Å². The summed E-state index contributed by atoms with van der Waals surface area (Å²) < 4.78 is 7.25. The molecule has 0 aliphatic carbocycles. The van der Waals surface area contributed by atoms with Gasteiger partial charge in [-0.1, -0.05) is 12.1 Å². The standard InChI is InChI=1S/C22H16N4O/c1-27-15-8-9-16-17(10-12-24-19(16)14-15)21-20-7-3-5-13-26(20)25-22(21)18-6-2-4-11-23-18/h2-14H,1H3. The van der Waals surface area contributed by atoms with Crippen molar-refractivity contribution < 1.29 is 4.74 Å². The quantitative estimate of drug-likeness (QED) is 0.475. The normalized spacial score (nSPS) is 11.1. The van der Waals surface area contributed by atoms with E-state index in [4.69, 9.17) is 9.84 Å². The summed E-state index contributed by atoms with van der Waals surface area (Å²) >= 11 is 0. The average molecular weight is 352 g/mol. The Kier molecular flexibility index (Phi) is 3.57. The van der Waals surface area contributed by atoms with E-state index in [0.717, 1.165) is 44.7 Å². The van der Waals surface area contributed by atoms with Crippen LogP contribution in [-0.2, 0) is 0 Å². The van der Waals surface area contributed by atoms with Gasteiger partial charge < -0.3 is 4.74 Å². The van der Waals surface area contributed by atoms with Crippen LogP contribution in [0.5, 0.6) is 5.75 Å². The molecule has 0 unspecified atom stereocenters. The first-order valence-corrected chi connectivity index (χ1v) is 8.67. The largest absolute Gasteiger partial charge is 0.497 e. The highest BCUT2D eigenvalue weighted by atomic mass is 16.5. The summed E-state index contributed by atoms with van der Waals surface area (Å²) in [6.45, 7) is 0. The van der Waals surface area contributed by atoms with Gasteiger partial charge in [-0.25, -0.2) is 4.52 Å². The second-order valence-corrected chi connectivity index (χ2v) is 6.21. The molecule has 130 valence electrons. The molecule has 4 heterocycles. The van der Waals surface area contributed by atoms with E-state index in [0.29, 0.717) is 0 Å². The highest BCUT2D eigenvalue weighted by Gasteiger charge is 2.19. The molecule has 0 N–H and O–H groups in total. The van der Waals surface area contributed by atoms with Crippen LogP contribution in [0.4, 0.5) is 0 Å². The lowest BCUT2D eigenvalue weighted by atomic mass is 9.98. The van der Waals surface area contributed by atoms with Gasteiger partial charge in [0.05, 0.1) is 23.8 Å². The third kappa shape index (κ3) is 2.52. The molecule has 0 aliphatic heterocycles. The Balaban J connectivity index is 1.87. The molecule has 0 saturated heterocycles. The van der Waals surface area contributed by atoms with Crippen LogP contribution in [0.25, 0.3) is 38.9 Å². The number of methoxy groups -OCH3 is 1. The van der Waals surface area contributed by atoms with Gasteiger partial charge in [-0.2, -0.15) is 5.10 Å². The second-order valence-electron chi connectivity index (χ2n) is 6.21. The van der Waals surface area contributed by atoms with Crippen molar-refractivity contribution in [3.63, 3.8) is 0 Å². The van der Waals surface area contributed by atoms with Gasteiger partial charge in [0, 0.05) is 35.6 Å². The third-order valence-corrected chi connectivity index (χ3v) is 4.67. The van der Waals surface area contributed by atoms with Crippen LogP contribution in [0.3, 0.4) is 0 Å². The number of hydrogen-bond donors (Lipinski definition) is 0. The van der Waals surface area contributed by atoms with Crippen molar-refractivity contribution in [2.75, 3.05) is 7.11 Å². The number of rotatable bonds is 3. The zero-order valence-corrected chi connectivity index (χ0v) is 14.7. The first-order valence-electron chi connectivity index (χ1n) is 8.67. The fraction of sp³-hybridized carbons (Fsp3) is 0.0455. The minimum atomic E-state index is 0.789. The number of nitrogens with zero attached hydrogens (tertiary/aromatic N) is 4. The summed E-state index contributed by atoms with van der Waals surface area (Å²) in [6, 6.07) is 19.9. The summed E-state index contributed by atoms with van der Waals surface area (Å²) in [4.78, 5) is 9.05. The predicted octanol–water partition coefficient (Wildman–Crippen LogP) is 4.62. The molecule has 0 spiro atoms. The van der Waals surface area contributed by atoms with Gasteiger partial charge in [0.15, 0.2) is 0 Å². The molecule has 0 saturated carbocycles. The van der Waals surface area contributed by atoms with Crippen LogP contribution < -0.4 is 4.74 Å². The Hall–Kier alpha value is -3.73. The number of hydrogen-bond acceptors (Lipinski definition) is 4. The van der Waals surface area contributed by atoms with Gasteiger partial charge in [-0.3, -0.25) is 9.97 Å². The van der Waals surface area contributed by atoms with E-state index < -0.39 is 0 Å². The maximum Gasteiger partial charge on any atom is 0.121 e. The molecule has 5 heteroatoms. The zero-order chi connectivity index (χ0) is 18.2. The van der Waals surface area contributed by atoms with Gasteiger partial charge in [-0.15, -0.1) is 0 Å². The van der Waals surface area contributed by atoms with Crippen molar-refractivity contribution >= 4 is 16.4 Å². The summed E-state index contributed by atoms with van der Waals surface area (Å²) in [5.41, 5.74) is 5.73. The lowest BCUT2D eigenvalue weighted by Crippen LogP contribution is -1.89. The lowest BCUT2D eigenvalue weighted by molar-refractivity contribution is 0.415. The lowest BCUT2D eigenvalue weighted by Gasteiger charge is -2.08. The van der Waals surface area contributed by atoms with Crippen molar-refractivity contribution in [1.82, 2.24) is 19.6 Å². The van der Waals surface area contributed by atoms with E-state index >= 15 is 0 Å². The van der Waals surface area contributed by atoms with Gasteiger partial charge in [0.25, 0.3) is 0 Å². The number of aromatic nitrogens is 4. The molecule has 4 aromatic heterocycles. The van der Waals surface area contributed by atoms with Crippen LogP contribution in [-0.4, -0.2) is 26.7 Å². The van der Waals surface area contributed by atoms with E-state index in [2.05, 4.69) is 16.0 Å². The van der Waals surface area contributed by atoms with Crippen LogP contribution >= 0.6 is 0 Å². The van der Waals surface area contributed by atoms with Crippen molar-refractivity contribution in [1.29, 1.82) is 0 Å². The summed E-state index contributed by atoms with van der Waals surface area (Å²) in [6.07, 6.45) is 5.57. The minimum absolute atomic E-state index is 0.789. The molecule has 0 bridgehead atoms. The molecule has 0 amide bonds. The van der Waals surface area contributed by atoms with Crippen LogP contribution in [0.15, 0.2) is 79.3 Å². The summed E-state index contributed by atoms with van der Waals surface area (Å²) in [5.74, 6) is 0.789. The smallest absolute Gasteiger partial charge is 0.121 e. The summed E-state index contributed by atoms with van der Waals surface area (Å²) in [5, 5.41) is 5.86. The number of fused-ring (bicyclic) bond motifs is 2. The molecule has 0 radical (unpaired) electrons. The number of ether oxygens (including phenoxy) is 1. The van der Waals surface area contributed by atoms with Crippen molar-refractivity contribution in [3.05, 3.63) is 79.3 Å². The minimum Gasteiger partial charge on any atom is -0.497 e. The van der Waals surface area contributed by atoms with E-state index in [9.17, 15) is 0 Å². The molecule has 5 nitrogen and oxygen atoms in total. The molecule has 0 atom stereocenters. The maximum absolute atomic E-state index is 5.35. The Labute approximate surface area is 155 Å². The Morgan fingerprint density at radius 1 is 0.889 bits per heavy atom. The van der Waals surface area contributed by atoms with E-state index in [-0.39, 0.29) is 0 Å². The monoisotopic (exact) mass is 352 g/mol. The molecule has 27 heavy (non-hydrogen) atoms. The van der Waals surface area contributed by atoms with Gasteiger partial charge in [0.2, 0.25) is 0 Å². The second kappa shape index (κ2) is 6.21. The third-order valence-electron chi connectivity index (χ3n) is 4.67. The highest BCUT2D eigenvalue weighted by Crippen LogP contribution is 2.38.